The van der Waals surface area contributed by atoms with Crippen LogP contribution in [0.2, 0.25) is 0 Å². The van der Waals surface area contributed by atoms with Gasteiger partial charge in [0.25, 0.3) is 5.91 Å². The number of nitrogens with one attached hydrogen (secondary N) is 1. The highest BCUT2D eigenvalue weighted by Gasteiger charge is 2.37. The molecule has 1 unspecified atom stereocenters. The lowest BCUT2D eigenvalue weighted by Crippen LogP contribution is -2.39. The predicted octanol–water partition coefficient (Wildman–Crippen LogP) is 3.11. The highest BCUT2D eigenvalue weighted by Crippen LogP contribution is 2.30. The summed E-state index contributed by atoms with van der Waals surface area (Å²) < 4.78 is 6.39. The summed E-state index contributed by atoms with van der Waals surface area (Å²) in [6, 6.07) is 7.00. The summed E-state index contributed by atoms with van der Waals surface area (Å²) in [6.07, 6.45) is 1.60. The zero-order chi connectivity index (χ0) is 15.0. The van der Waals surface area contributed by atoms with E-state index < -0.39 is 11.6 Å². The van der Waals surface area contributed by atoms with E-state index in [4.69, 9.17) is 9.84 Å². The van der Waals surface area contributed by atoms with Crippen molar-refractivity contribution < 1.29 is 19.4 Å². The number of carbonyl (C=O) groups is 2. The van der Waals surface area contributed by atoms with Gasteiger partial charge in [-0.15, -0.1) is 11.3 Å². The quantitative estimate of drug-likeness (QED) is 0.913. The number of amides is 1. The number of thiophene rings is 1. The zero-order valence-electron chi connectivity index (χ0n) is 11.5. The van der Waals surface area contributed by atoms with Gasteiger partial charge in [0.15, 0.2) is 0 Å². The molecule has 6 heteroatoms. The summed E-state index contributed by atoms with van der Waals surface area (Å²) >= 11 is 1.22. The molecule has 5 nitrogen and oxygen atoms in total. The fourth-order valence-corrected chi connectivity index (χ4v) is 3.33. The van der Waals surface area contributed by atoms with Crippen LogP contribution in [0.5, 0.6) is 0 Å². The van der Waals surface area contributed by atoms with Crippen molar-refractivity contribution in [3.05, 3.63) is 29.1 Å². The van der Waals surface area contributed by atoms with Crippen molar-refractivity contribution in [3.8, 4) is 0 Å². The van der Waals surface area contributed by atoms with Crippen molar-refractivity contribution in [1.82, 2.24) is 0 Å². The molecule has 1 aromatic carbocycles. The van der Waals surface area contributed by atoms with E-state index in [2.05, 4.69) is 5.32 Å². The van der Waals surface area contributed by atoms with E-state index in [1.54, 1.807) is 25.1 Å². The Balaban J connectivity index is 1.84. The molecule has 1 saturated heterocycles. The number of fused-ring (bicyclic) bond motifs is 1. The molecule has 0 bridgehead atoms. The average Bonchev–Trinajstić information content (AvgIpc) is 3.05. The lowest BCUT2D eigenvalue weighted by Gasteiger charge is -2.21. The van der Waals surface area contributed by atoms with E-state index in [0.717, 1.165) is 16.5 Å². The maximum atomic E-state index is 12.3. The first kappa shape index (κ1) is 14.0. The van der Waals surface area contributed by atoms with Crippen LogP contribution in [0, 0.1) is 0 Å². The molecular formula is C15H15NO4S. The van der Waals surface area contributed by atoms with Crippen molar-refractivity contribution >= 4 is 39.0 Å². The Kier molecular flexibility index (Phi) is 3.43. The van der Waals surface area contributed by atoms with Crippen LogP contribution in [0.25, 0.3) is 10.1 Å². The molecule has 0 radical (unpaired) electrons. The first-order valence-corrected chi connectivity index (χ1v) is 7.52. The number of benzene rings is 1. The molecule has 1 aromatic heterocycles. The highest BCUT2D eigenvalue weighted by atomic mass is 32.1. The van der Waals surface area contributed by atoms with Gasteiger partial charge in [0, 0.05) is 17.0 Å². The largest absolute Gasteiger partial charge is 0.477 e. The van der Waals surface area contributed by atoms with E-state index in [0.29, 0.717) is 23.6 Å². The van der Waals surface area contributed by atoms with Crippen molar-refractivity contribution in [1.29, 1.82) is 0 Å². The molecule has 3 rings (SSSR count). The maximum Gasteiger partial charge on any atom is 0.345 e. The number of hydrogen-bond acceptors (Lipinski definition) is 4. The first-order chi connectivity index (χ1) is 9.98. The van der Waals surface area contributed by atoms with E-state index in [1.165, 1.54) is 11.3 Å². The number of anilines is 1. The van der Waals surface area contributed by atoms with Gasteiger partial charge in [-0.05, 0) is 49.4 Å². The number of carboxylic acid groups (broad SMARTS) is 1. The number of carboxylic acids is 1. The molecule has 2 N–H and O–H groups in total. The lowest BCUT2D eigenvalue weighted by atomic mass is 10.0. The number of aromatic carboxylic acids is 1. The summed E-state index contributed by atoms with van der Waals surface area (Å²) in [5.74, 6) is -1.10. The predicted molar refractivity (Wildman–Crippen MR) is 81.0 cm³/mol. The van der Waals surface area contributed by atoms with Crippen LogP contribution in [0.4, 0.5) is 5.69 Å². The average molecular weight is 305 g/mol. The molecule has 1 aliphatic rings. The molecule has 2 heterocycles. The summed E-state index contributed by atoms with van der Waals surface area (Å²) in [4.78, 5) is 23.5. The van der Waals surface area contributed by atoms with Crippen LogP contribution in [-0.4, -0.2) is 29.2 Å². The number of rotatable bonds is 3. The minimum absolute atomic E-state index is 0.159. The number of hydrogen-bond donors (Lipinski definition) is 2. The second-order valence-corrected chi connectivity index (χ2v) is 6.39. The Labute approximate surface area is 125 Å². The highest BCUT2D eigenvalue weighted by molar-refractivity contribution is 7.20. The topological polar surface area (TPSA) is 75.6 Å². The molecule has 1 aliphatic heterocycles. The van der Waals surface area contributed by atoms with Gasteiger partial charge in [0.1, 0.15) is 10.5 Å². The number of ether oxygens (including phenoxy) is 1. The Hall–Kier alpha value is -1.92. The minimum Gasteiger partial charge on any atom is -0.477 e. The molecule has 1 fully saturated rings. The van der Waals surface area contributed by atoms with E-state index in [1.807, 2.05) is 6.07 Å². The second kappa shape index (κ2) is 5.13. The van der Waals surface area contributed by atoms with E-state index >= 15 is 0 Å². The van der Waals surface area contributed by atoms with Crippen LogP contribution in [0.15, 0.2) is 24.3 Å². The van der Waals surface area contributed by atoms with Gasteiger partial charge in [-0.3, -0.25) is 4.79 Å². The first-order valence-electron chi connectivity index (χ1n) is 6.70. The molecule has 110 valence electrons. The smallest absolute Gasteiger partial charge is 0.345 e. The van der Waals surface area contributed by atoms with Crippen molar-refractivity contribution in [2.45, 2.75) is 25.4 Å². The van der Waals surface area contributed by atoms with Gasteiger partial charge in [-0.1, -0.05) is 0 Å². The lowest BCUT2D eigenvalue weighted by molar-refractivity contribution is -0.133. The molecular weight excluding hydrogens is 290 g/mol. The van der Waals surface area contributed by atoms with Crippen LogP contribution in [0.3, 0.4) is 0 Å². The normalized spacial score (nSPS) is 21.6. The summed E-state index contributed by atoms with van der Waals surface area (Å²) in [6.45, 7) is 2.40. The monoisotopic (exact) mass is 305 g/mol. The van der Waals surface area contributed by atoms with Crippen LogP contribution in [-0.2, 0) is 9.53 Å². The van der Waals surface area contributed by atoms with Gasteiger partial charge in [-0.2, -0.15) is 0 Å². The van der Waals surface area contributed by atoms with E-state index in [9.17, 15) is 9.59 Å². The van der Waals surface area contributed by atoms with Gasteiger partial charge in [0.05, 0.1) is 0 Å². The van der Waals surface area contributed by atoms with Crippen molar-refractivity contribution in [2.75, 3.05) is 11.9 Å². The molecule has 21 heavy (non-hydrogen) atoms. The molecule has 2 aromatic rings. The standard InChI is InChI=1S/C15H15NO4S/c1-15(5-2-6-20-15)14(19)16-10-3-4-11-9(7-10)8-12(21-11)13(17)18/h3-4,7-8H,2,5-6H2,1H3,(H,16,19)(H,17,18). The van der Waals surface area contributed by atoms with Crippen LogP contribution >= 0.6 is 11.3 Å². The fourth-order valence-electron chi connectivity index (χ4n) is 2.45. The fraction of sp³-hybridized carbons (Fsp3) is 0.333. The SMILES string of the molecule is CC1(C(=O)Nc2ccc3sc(C(=O)O)cc3c2)CCCO1. The Morgan fingerprint density at radius 3 is 2.86 bits per heavy atom. The third kappa shape index (κ3) is 2.64. The summed E-state index contributed by atoms with van der Waals surface area (Å²) in [7, 11) is 0. The van der Waals surface area contributed by atoms with Crippen LogP contribution in [0.1, 0.15) is 29.4 Å². The molecule has 1 amide bonds. The molecule has 0 saturated carbocycles. The zero-order valence-corrected chi connectivity index (χ0v) is 12.3. The van der Waals surface area contributed by atoms with Gasteiger partial charge >= 0.3 is 5.97 Å². The number of carbonyl (C=O) groups excluding carboxylic acids is 1. The molecule has 0 spiro atoms. The maximum absolute atomic E-state index is 12.3. The summed E-state index contributed by atoms with van der Waals surface area (Å²) in [5.41, 5.74) is -0.116. The Morgan fingerprint density at radius 2 is 2.19 bits per heavy atom. The molecule has 1 atom stereocenters. The van der Waals surface area contributed by atoms with Crippen molar-refractivity contribution in [3.63, 3.8) is 0 Å². The van der Waals surface area contributed by atoms with Crippen LogP contribution < -0.4 is 5.32 Å². The minimum atomic E-state index is -0.936. The van der Waals surface area contributed by atoms with Gasteiger partial charge in [-0.25, -0.2) is 4.79 Å². The summed E-state index contributed by atoms with van der Waals surface area (Å²) in [5, 5.41) is 12.7. The van der Waals surface area contributed by atoms with Gasteiger partial charge < -0.3 is 15.2 Å². The van der Waals surface area contributed by atoms with E-state index in [-0.39, 0.29) is 5.91 Å². The Morgan fingerprint density at radius 1 is 1.38 bits per heavy atom. The third-order valence-electron chi connectivity index (χ3n) is 3.68. The van der Waals surface area contributed by atoms with Crippen molar-refractivity contribution in [2.24, 2.45) is 0 Å². The second-order valence-electron chi connectivity index (χ2n) is 5.31. The molecule has 0 aliphatic carbocycles. The van der Waals surface area contributed by atoms with Gasteiger partial charge in [0.2, 0.25) is 0 Å². The third-order valence-corrected chi connectivity index (χ3v) is 4.79. The Bertz CT molecular complexity index is 716.